The van der Waals surface area contributed by atoms with Crippen molar-refractivity contribution in [2.24, 2.45) is 0 Å². The maximum atomic E-state index is 12.4. The van der Waals surface area contributed by atoms with Crippen LogP contribution in [-0.2, 0) is 0 Å². The predicted octanol–water partition coefficient (Wildman–Crippen LogP) is 1.26. The summed E-state index contributed by atoms with van der Waals surface area (Å²) >= 11 is 0. The first-order valence-electron chi connectivity index (χ1n) is 6.46. The second-order valence-electron chi connectivity index (χ2n) is 5.21. The normalized spacial score (nSPS) is 19.7. The van der Waals surface area contributed by atoms with Crippen molar-refractivity contribution in [1.82, 2.24) is 9.80 Å². The minimum atomic E-state index is -0.177. The van der Waals surface area contributed by atoms with Gasteiger partial charge in [-0.05, 0) is 39.1 Å². The Hall–Kier alpha value is -1.75. The summed E-state index contributed by atoms with van der Waals surface area (Å²) in [6, 6.07) is 4.43. The van der Waals surface area contributed by atoms with E-state index >= 15 is 0 Å². The molecule has 1 aliphatic heterocycles. The van der Waals surface area contributed by atoms with Crippen LogP contribution < -0.4 is 0 Å². The van der Waals surface area contributed by atoms with Crippen molar-refractivity contribution in [1.29, 1.82) is 0 Å². The fraction of sp³-hybridized carbons (Fsp3) is 0.500. The number of benzene rings is 1. The number of likely N-dealkylation sites (N-methyl/N-ethyl adjacent to an activating group) is 1. The van der Waals surface area contributed by atoms with Crippen molar-refractivity contribution in [3.63, 3.8) is 0 Å². The van der Waals surface area contributed by atoms with Gasteiger partial charge < -0.3 is 20.0 Å². The van der Waals surface area contributed by atoms with Crippen molar-refractivity contribution in [3.8, 4) is 11.5 Å². The lowest BCUT2D eigenvalue weighted by atomic mass is 10.0. The van der Waals surface area contributed by atoms with Crippen LogP contribution in [-0.4, -0.2) is 59.1 Å². The fourth-order valence-electron chi connectivity index (χ4n) is 2.43. The van der Waals surface area contributed by atoms with Gasteiger partial charge in [0.2, 0.25) is 0 Å². The second-order valence-corrected chi connectivity index (χ2v) is 5.21. The largest absolute Gasteiger partial charge is 0.508 e. The molecule has 1 heterocycles. The molecule has 1 atom stereocenters. The predicted molar refractivity (Wildman–Crippen MR) is 72.4 cm³/mol. The smallest absolute Gasteiger partial charge is 0.257 e. The topological polar surface area (TPSA) is 64.0 Å². The number of amides is 1. The Morgan fingerprint density at radius 1 is 1.37 bits per heavy atom. The van der Waals surface area contributed by atoms with Gasteiger partial charge in [0, 0.05) is 25.2 Å². The maximum absolute atomic E-state index is 12.4. The minimum absolute atomic E-state index is 0.0427. The molecule has 0 aromatic heterocycles. The van der Waals surface area contributed by atoms with Crippen LogP contribution in [0.3, 0.4) is 0 Å². The second kappa shape index (κ2) is 5.48. The molecule has 1 aliphatic rings. The van der Waals surface area contributed by atoms with Gasteiger partial charge in [0.05, 0.1) is 5.56 Å². The lowest BCUT2D eigenvalue weighted by Crippen LogP contribution is -2.47. The molecule has 0 aliphatic carbocycles. The molecule has 5 nitrogen and oxygen atoms in total. The number of hydrogen-bond acceptors (Lipinski definition) is 4. The molecule has 2 N–H and O–H groups in total. The molecule has 1 aromatic rings. The van der Waals surface area contributed by atoms with Gasteiger partial charge >= 0.3 is 0 Å². The molecular weight excluding hydrogens is 244 g/mol. The summed E-state index contributed by atoms with van der Waals surface area (Å²) in [6.45, 7) is 1.38. The highest BCUT2D eigenvalue weighted by atomic mass is 16.3. The molecule has 1 unspecified atom stereocenters. The highest BCUT2D eigenvalue weighted by Gasteiger charge is 2.26. The molecule has 0 spiro atoms. The zero-order valence-corrected chi connectivity index (χ0v) is 11.3. The molecule has 19 heavy (non-hydrogen) atoms. The monoisotopic (exact) mass is 264 g/mol. The van der Waals surface area contributed by atoms with Crippen molar-refractivity contribution in [2.45, 2.75) is 18.9 Å². The third-order valence-corrected chi connectivity index (χ3v) is 3.63. The summed E-state index contributed by atoms with van der Waals surface area (Å²) in [5.74, 6) is -0.389. The van der Waals surface area contributed by atoms with E-state index in [2.05, 4.69) is 4.90 Å². The fourth-order valence-corrected chi connectivity index (χ4v) is 2.43. The Bertz CT molecular complexity index is 474. The third kappa shape index (κ3) is 2.98. The van der Waals surface area contributed by atoms with Gasteiger partial charge in [-0.25, -0.2) is 0 Å². The van der Waals surface area contributed by atoms with E-state index in [4.69, 9.17) is 0 Å². The lowest BCUT2D eigenvalue weighted by molar-refractivity contribution is 0.0632. The quantitative estimate of drug-likeness (QED) is 0.844. The number of likely N-dealkylation sites (tertiary alicyclic amines) is 1. The van der Waals surface area contributed by atoms with Gasteiger partial charge in [-0.1, -0.05) is 0 Å². The van der Waals surface area contributed by atoms with Gasteiger partial charge in [0.15, 0.2) is 0 Å². The molecular formula is C14H20N2O3. The molecule has 2 rings (SSSR count). The molecule has 0 saturated carbocycles. The minimum Gasteiger partial charge on any atom is -0.508 e. The van der Waals surface area contributed by atoms with Crippen LogP contribution in [0.1, 0.15) is 23.2 Å². The first-order valence-corrected chi connectivity index (χ1v) is 6.46. The standard InChI is InChI=1S/C14H20N2O3/c1-15(2)10-4-3-7-16(9-10)14(19)12-6-5-11(17)8-13(12)18/h5-6,8,10,17-18H,3-4,7,9H2,1-2H3. The Morgan fingerprint density at radius 3 is 2.74 bits per heavy atom. The number of nitrogens with zero attached hydrogens (tertiary/aromatic N) is 2. The summed E-state index contributed by atoms with van der Waals surface area (Å²) in [7, 11) is 4.02. The van der Waals surface area contributed by atoms with E-state index < -0.39 is 0 Å². The summed E-state index contributed by atoms with van der Waals surface area (Å²) in [5, 5.41) is 19.0. The highest BCUT2D eigenvalue weighted by Crippen LogP contribution is 2.25. The Labute approximate surface area is 113 Å². The highest BCUT2D eigenvalue weighted by molar-refractivity contribution is 5.97. The van der Waals surface area contributed by atoms with E-state index in [1.165, 1.54) is 18.2 Å². The van der Waals surface area contributed by atoms with E-state index in [-0.39, 0.29) is 23.0 Å². The van der Waals surface area contributed by atoms with Gasteiger partial charge in [-0.3, -0.25) is 4.79 Å². The van der Waals surface area contributed by atoms with Crippen LogP contribution in [0.4, 0.5) is 0 Å². The summed E-state index contributed by atoms with van der Waals surface area (Å²) in [5.41, 5.74) is 0.247. The summed E-state index contributed by atoms with van der Waals surface area (Å²) in [4.78, 5) is 16.3. The Morgan fingerprint density at radius 2 is 2.11 bits per heavy atom. The van der Waals surface area contributed by atoms with E-state index in [1.54, 1.807) is 4.90 Å². The SMILES string of the molecule is CN(C)C1CCCN(C(=O)c2ccc(O)cc2O)C1. The Balaban J connectivity index is 2.15. The van der Waals surface area contributed by atoms with Crippen LogP contribution in [0.2, 0.25) is 0 Å². The summed E-state index contributed by atoms with van der Waals surface area (Å²) < 4.78 is 0. The zero-order chi connectivity index (χ0) is 14.0. The van der Waals surface area contributed by atoms with Crippen LogP contribution in [0, 0.1) is 0 Å². The molecule has 1 fully saturated rings. The molecule has 1 aromatic carbocycles. The number of carbonyl (C=O) groups excluding carboxylic acids is 1. The van der Waals surface area contributed by atoms with Crippen molar-refractivity contribution in [3.05, 3.63) is 23.8 Å². The number of piperidine rings is 1. The van der Waals surface area contributed by atoms with Gasteiger partial charge in [-0.15, -0.1) is 0 Å². The molecule has 0 radical (unpaired) electrons. The average molecular weight is 264 g/mol. The lowest BCUT2D eigenvalue weighted by Gasteiger charge is -2.36. The maximum Gasteiger partial charge on any atom is 0.257 e. The number of aromatic hydroxyl groups is 2. The van der Waals surface area contributed by atoms with E-state index in [0.29, 0.717) is 19.1 Å². The molecule has 1 amide bonds. The van der Waals surface area contributed by atoms with E-state index in [1.807, 2.05) is 14.1 Å². The summed E-state index contributed by atoms with van der Waals surface area (Å²) in [6.07, 6.45) is 2.05. The zero-order valence-electron chi connectivity index (χ0n) is 11.3. The van der Waals surface area contributed by atoms with Crippen molar-refractivity contribution >= 4 is 5.91 Å². The van der Waals surface area contributed by atoms with Crippen LogP contribution >= 0.6 is 0 Å². The number of phenolic OH excluding ortho intramolecular Hbond substituents is 2. The van der Waals surface area contributed by atoms with Gasteiger partial charge in [-0.2, -0.15) is 0 Å². The van der Waals surface area contributed by atoms with Gasteiger partial charge in [0.25, 0.3) is 5.91 Å². The van der Waals surface area contributed by atoms with Crippen LogP contribution in [0.5, 0.6) is 11.5 Å². The number of carbonyl (C=O) groups is 1. The first-order chi connectivity index (χ1) is 8.99. The number of rotatable bonds is 2. The first kappa shape index (κ1) is 13.7. The van der Waals surface area contributed by atoms with E-state index in [9.17, 15) is 15.0 Å². The molecule has 104 valence electrons. The van der Waals surface area contributed by atoms with Crippen molar-refractivity contribution < 1.29 is 15.0 Å². The third-order valence-electron chi connectivity index (χ3n) is 3.63. The number of phenols is 2. The molecule has 5 heteroatoms. The molecule has 1 saturated heterocycles. The average Bonchev–Trinajstić information content (AvgIpc) is 2.38. The number of hydrogen-bond donors (Lipinski definition) is 2. The van der Waals surface area contributed by atoms with Gasteiger partial charge in [0.1, 0.15) is 11.5 Å². The van der Waals surface area contributed by atoms with Crippen molar-refractivity contribution in [2.75, 3.05) is 27.2 Å². The molecule has 0 bridgehead atoms. The van der Waals surface area contributed by atoms with E-state index in [0.717, 1.165) is 12.8 Å². The van der Waals surface area contributed by atoms with Crippen LogP contribution in [0.25, 0.3) is 0 Å². The Kier molecular flexibility index (Phi) is 3.95. The van der Waals surface area contributed by atoms with Crippen LogP contribution in [0.15, 0.2) is 18.2 Å².